The number of hydrogen-bond donors (Lipinski definition) is 2. The quantitative estimate of drug-likeness (QED) is 0.303. The van der Waals surface area contributed by atoms with Crippen LogP contribution in [0.25, 0.3) is 0 Å². The van der Waals surface area contributed by atoms with E-state index >= 15 is 0 Å². The second-order valence-electron chi connectivity index (χ2n) is 17.7. The van der Waals surface area contributed by atoms with Gasteiger partial charge in [-0.3, -0.25) is 9.59 Å². The van der Waals surface area contributed by atoms with E-state index in [1.54, 1.807) is 14.0 Å². The van der Waals surface area contributed by atoms with Gasteiger partial charge in [0.05, 0.1) is 43.5 Å². The highest BCUT2D eigenvalue weighted by molar-refractivity contribution is 5.86. The molecule has 330 valence electrons. The van der Waals surface area contributed by atoms with Gasteiger partial charge in [-0.25, -0.2) is 0 Å². The van der Waals surface area contributed by atoms with Gasteiger partial charge in [0, 0.05) is 58.5 Å². The Balaban J connectivity index is 1.24. The van der Waals surface area contributed by atoms with Gasteiger partial charge < -0.3 is 62.3 Å². The predicted octanol–water partition coefficient (Wildman–Crippen LogP) is 3.93. The Hall–Kier alpha value is -1.86. The lowest BCUT2D eigenvalue weighted by Gasteiger charge is -2.48. The van der Waals surface area contributed by atoms with Crippen LogP contribution in [-0.4, -0.2) is 149 Å². The lowest BCUT2D eigenvalue weighted by Crippen LogP contribution is -2.63. The molecule has 58 heavy (non-hydrogen) atoms. The second kappa shape index (κ2) is 19.5. The van der Waals surface area contributed by atoms with Gasteiger partial charge in [0.2, 0.25) is 5.79 Å². The third-order valence-electron chi connectivity index (χ3n) is 13.6. The number of rotatable bonds is 10. The molecule has 6 fully saturated rings. The van der Waals surface area contributed by atoms with E-state index in [9.17, 15) is 19.8 Å². The fraction of sp³-hybridized carbons (Fsp3) is 0.860. The van der Waals surface area contributed by atoms with E-state index in [0.29, 0.717) is 6.42 Å². The first-order valence-corrected chi connectivity index (χ1v) is 21.2. The SMILES string of the molecule is CO[C@@H]1[C@H](O[C@@H]2[C@@H](OC)[C@H](O[C@H]3C[C@H]4CC(=O)[C@]5(O)O[C@H](C[C@H]5C)C(C)(C)[C@@H](/C=C/C=C5CCCCC5)OC(=O)C[C@H](O4)[C@@H]3C)OC[C@H]2OC)O[C@@H](C)[C@@H](O)[C@H]1OC. The number of hydrogen-bond acceptors (Lipinski definition) is 15. The maximum atomic E-state index is 14.1. The number of aliphatic hydroxyl groups is 2. The lowest BCUT2D eigenvalue weighted by atomic mass is 9.77. The summed E-state index contributed by atoms with van der Waals surface area (Å²) in [5.74, 6) is -3.85. The van der Waals surface area contributed by atoms with Crippen molar-refractivity contribution < 1.29 is 71.9 Å². The van der Waals surface area contributed by atoms with Crippen molar-refractivity contribution in [2.75, 3.05) is 35.0 Å². The number of ether oxygens (including phenoxy) is 11. The standard InChI is InChI=1S/C43H68O15/c1-23-18-33-42(4,5)32(17-13-16-26-14-11-10-12-15-26)56-34(45)21-29-24(2)28(19-27(54-29)20-31(44)43(23,47)58-33)55-40-38(50-8)36(30(48-6)22-52-40)57-41-39(51-9)37(49-7)35(46)25(3)53-41/h13,16-17,23-25,27-30,32-33,35-41,46-47H,10-12,14-15,18-22H2,1-9H3/b17-13+/t23-,24-,25+,27+,28+,29+,30-,32-,33-,35-,36+,37-,38-,39+,40+,41+,43-/m1/s1. The number of carbonyl (C=O) groups excluding carboxylic acids is 2. The number of Topliss-reactive ketones (excluding diaryl/α,β-unsaturated/α-hetero) is 1. The van der Waals surface area contributed by atoms with Crippen molar-refractivity contribution in [1.29, 1.82) is 0 Å². The number of ketones is 1. The van der Waals surface area contributed by atoms with E-state index in [4.69, 9.17) is 52.1 Å². The molecule has 0 aromatic carbocycles. The van der Waals surface area contributed by atoms with Crippen molar-refractivity contribution in [3.63, 3.8) is 0 Å². The maximum Gasteiger partial charge on any atom is 0.309 e. The Morgan fingerprint density at radius 2 is 1.48 bits per heavy atom. The smallest absolute Gasteiger partial charge is 0.309 e. The normalized spacial score (nSPS) is 45.3. The Morgan fingerprint density at radius 1 is 0.793 bits per heavy atom. The molecule has 1 aliphatic carbocycles. The summed E-state index contributed by atoms with van der Waals surface area (Å²) in [6.45, 7) is 9.46. The summed E-state index contributed by atoms with van der Waals surface area (Å²) in [4.78, 5) is 28.0. The van der Waals surface area contributed by atoms with Crippen LogP contribution in [0.5, 0.6) is 0 Å². The zero-order valence-corrected chi connectivity index (χ0v) is 35.7. The molecule has 0 amide bonds. The van der Waals surface area contributed by atoms with Crippen LogP contribution in [0.1, 0.15) is 92.4 Å². The molecule has 0 radical (unpaired) electrons. The molecule has 0 spiro atoms. The summed E-state index contributed by atoms with van der Waals surface area (Å²) in [6, 6.07) is 0. The van der Waals surface area contributed by atoms with Gasteiger partial charge in [-0.05, 0) is 45.1 Å². The summed E-state index contributed by atoms with van der Waals surface area (Å²) < 4.78 is 67.8. The highest BCUT2D eigenvalue weighted by atomic mass is 16.8. The molecule has 0 unspecified atom stereocenters. The van der Waals surface area contributed by atoms with Gasteiger partial charge in [0.25, 0.3) is 0 Å². The number of allylic oxidation sites excluding steroid dienone is 3. The van der Waals surface area contributed by atoms with Crippen LogP contribution in [0.4, 0.5) is 0 Å². The number of aliphatic hydroxyl groups excluding tert-OH is 1. The third-order valence-corrected chi connectivity index (χ3v) is 13.6. The van der Waals surface area contributed by atoms with E-state index in [0.717, 1.165) is 12.8 Å². The molecular weight excluding hydrogens is 756 g/mol. The number of methoxy groups -OCH3 is 4. The molecule has 2 N–H and O–H groups in total. The fourth-order valence-corrected chi connectivity index (χ4v) is 9.55. The van der Waals surface area contributed by atoms with Crippen molar-refractivity contribution in [3.05, 3.63) is 23.8 Å². The summed E-state index contributed by atoms with van der Waals surface area (Å²) in [6.07, 6.45) is 1.63. The molecule has 6 rings (SSSR count). The molecule has 5 heterocycles. The molecular formula is C43H68O15. The van der Waals surface area contributed by atoms with Gasteiger partial charge in [0.15, 0.2) is 18.4 Å². The van der Waals surface area contributed by atoms with E-state index in [2.05, 4.69) is 6.08 Å². The molecule has 0 aromatic heterocycles. The molecule has 6 aliphatic rings. The highest BCUT2D eigenvalue weighted by Crippen LogP contribution is 2.47. The van der Waals surface area contributed by atoms with Gasteiger partial charge >= 0.3 is 5.97 Å². The Kier molecular flexibility index (Phi) is 15.3. The van der Waals surface area contributed by atoms with Crippen molar-refractivity contribution in [2.45, 2.75) is 184 Å². The van der Waals surface area contributed by atoms with Crippen molar-refractivity contribution >= 4 is 11.8 Å². The number of esters is 1. The van der Waals surface area contributed by atoms with Crippen LogP contribution in [0, 0.1) is 17.3 Å². The molecule has 0 aromatic rings. The molecule has 5 saturated heterocycles. The first-order chi connectivity index (χ1) is 27.6. The first-order valence-electron chi connectivity index (χ1n) is 21.2. The molecule has 1 saturated carbocycles. The van der Waals surface area contributed by atoms with E-state index in [1.807, 2.05) is 39.8 Å². The predicted molar refractivity (Wildman–Crippen MR) is 207 cm³/mol. The van der Waals surface area contributed by atoms with Gasteiger partial charge in [-0.2, -0.15) is 0 Å². The molecule has 4 bridgehead atoms. The lowest BCUT2D eigenvalue weighted by molar-refractivity contribution is -0.358. The zero-order valence-electron chi connectivity index (χ0n) is 35.7. The Bertz CT molecular complexity index is 1440. The van der Waals surface area contributed by atoms with Gasteiger partial charge in [-0.1, -0.05) is 51.8 Å². The van der Waals surface area contributed by atoms with Gasteiger partial charge in [-0.15, -0.1) is 0 Å². The summed E-state index contributed by atoms with van der Waals surface area (Å²) in [7, 11) is 6.04. The average Bonchev–Trinajstić information content (AvgIpc) is 3.52. The minimum atomic E-state index is -2.04. The van der Waals surface area contributed by atoms with Crippen LogP contribution in [-0.2, 0) is 61.7 Å². The maximum absolute atomic E-state index is 14.1. The molecule has 15 heteroatoms. The number of carbonyl (C=O) groups is 2. The van der Waals surface area contributed by atoms with Crippen molar-refractivity contribution in [2.24, 2.45) is 17.3 Å². The Labute approximate surface area is 343 Å². The fourth-order valence-electron chi connectivity index (χ4n) is 9.55. The average molecular weight is 825 g/mol. The van der Waals surface area contributed by atoms with Crippen molar-refractivity contribution in [1.82, 2.24) is 0 Å². The minimum Gasteiger partial charge on any atom is -0.457 e. The summed E-state index contributed by atoms with van der Waals surface area (Å²) in [5.41, 5.74) is 0.588. The summed E-state index contributed by atoms with van der Waals surface area (Å²) in [5, 5.41) is 22.6. The van der Waals surface area contributed by atoms with Crippen LogP contribution < -0.4 is 0 Å². The molecule has 15 nitrogen and oxygen atoms in total. The van der Waals surface area contributed by atoms with E-state index in [1.165, 1.54) is 46.2 Å². The minimum absolute atomic E-state index is 0.0851. The van der Waals surface area contributed by atoms with E-state index < -0.39 is 115 Å². The van der Waals surface area contributed by atoms with Crippen molar-refractivity contribution in [3.8, 4) is 0 Å². The van der Waals surface area contributed by atoms with Crippen LogP contribution >= 0.6 is 0 Å². The number of fused-ring (bicyclic) bond motifs is 4. The van der Waals surface area contributed by atoms with Crippen LogP contribution in [0.3, 0.4) is 0 Å². The third kappa shape index (κ3) is 9.61. The zero-order chi connectivity index (χ0) is 41.9. The van der Waals surface area contributed by atoms with Crippen LogP contribution in [0.15, 0.2) is 23.8 Å². The molecule has 17 atom stereocenters. The molecule has 5 aliphatic heterocycles. The number of cyclic esters (lactones) is 1. The van der Waals surface area contributed by atoms with E-state index in [-0.39, 0.29) is 31.8 Å². The van der Waals surface area contributed by atoms with Crippen LogP contribution in [0.2, 0.25) is 0 Å². The summed E-state index contributed by atoms with van der Waals surface area (Å²) >= 11 is 0. The monoisotopic (exact) mass is 824 g/mol. The Morgan fingerprint density at radius 3 is 2.16 bits per heavy atom. The highest BCUT2D eigenvalue weighted by Gasteiger charge is 2.57. The first kappa shape index (κ1) is 45.7. The van der Waals surface area contributed by atoms with Gasteiger partial charge in [0.1, 0.15) is 42.7 Å². The largest absolute Gasteiger partial charge is 0.457 e. The topological polar surface area (TPSA) is 176 Å². The second-order valence-corrected chi connectivity index (χ2v) is 17.7.